The van der Waals surface area contributed by atoms with Gasteiger partial charge in [0.2, 0.25) is 5.91 Å². The number of nitrogens with zero attached hydrogens (tertiary/aromatic N) is 1. The highest BCUT2D eigenvalue weighted by Crippen LogP contribution is 2.12. The van der Waals surface area contributed by atoms with Crippen molar-refractivity contribution in [2.45, 2.75) is 0 Å². The van der Waals surface area contributed by atoms with Crippen LogP contribution in [-0.2, 0) is 14.3 Å². The van der Waals surface area contributed by atoms with Crippen molar-refractivity contribution < 1.29 is 19.1 Å². The van der Waals surface area contributed by atoms with Crippen LogP contribution in [0.2, 0.25) is 0 Å². The first-order valence-electron chi connectivity index (χ1n) is 7.67. The average molecular weight is 321 g/mol. The van der Waals surface area contributed by atoms with Gasteiger partial charge in [-0.1, -0.05) is 0 Å². The molecule has 2 amide bonds. The molecule has 2 rings (SSSR count). The van der Waals surface area contributed by atoms with Gasteiger partial charge in [0.15, 0.2) is 0 Å². The lowest BCUT2D eigenvalue weighted by atomic mass is 10.1. The molecule has 126 valence electrons. The van der Waals surface area contributed by atoms with Crippen LogP contribution in [0.5, 0.6) is 0 Å². The van der Waals surface area contributed by atoms with Crippen molar-refractivity contribution in [3.05, 3.63) is 29.8 Å². The highest BCUT2D eigenvalue weighted by molar-refractivity contribution is 5.96. The molecule has 1 aliphatic heterocycles. The van der Waals surface area contributed by atoms with E-state index in [1.165, 1.54) is 0 Å². The SMILES string of the molecule is COCCNCC(=O)Nc1ccc(C(=O)N2CCOCC2)cc1. The zero-order valence-corrected chi connectivity index (χ0v) is 13.3. The molecule has 1 aromatic rings. The van der Waals surface area contributed by atoms with Gasteiger partial charge < -0.3 is 25.0 Å². The third-order valence-corrected chi connectivity index (χ3v) is 3.48. The Hall–Kier alpha value is -1.96. The number of carbonyl (C=O) groups is 2. The van der Waals surface area contributed by atoms with E-state index >= 15 is 0 Å². The highest BCUT2D eigenvalue weighted by atomic mass is 16.5. The molecule has 1 heterocycles. The zero-order valence-electron chi connectivity index (χ0n) is 13.3. The molecular weight excluding hydrogens is 298 g/mol. The Morgan fingerprint density at radius 3 is 2.57 bits per heavy atom. The highest BCUT2D eigenvalue weighted by Gasteiger charge is 2.18. The first-order chi connectivity index (χ1) is 11.2. The quantitative estimate of drug-likeness (QED) is 0.708. The second-order valence-corrected chi connectivity index (χ2v) is 5.20. The standard InChI is InChI=1S/C16H23N3O4/c1-22-9-6-17-12-15(20)18-14-4-2-13(3-5-14)16(21)19-7-10-23-11-8-19/h2-5,17H,6-12H2,1H3,(H,18,20). The van der Waals surface area contributed by atoms with Gasteiger partial charge in [-0.05, 0) is 24.3 Å². The van der Waals surface area contributed by atoms with Gasteiger partial charge in [0.05, 0.1) is 26.4 Å². The van der Waals surface area contributed by atoms with Crippen LogP contribution < -0.4 is 10.6 Å². The van der Waals surface area contributed by atoms with Crippen LogP contribution in [0.3, 0.4) is 0 Å². The molecule has 1 aliphatic rings. The van der Waals surface area contributed by atoms with Crippen molar-refractivity contribution in [3.63, 3.8) is 0 Å². The van der Waals surface area contributed by atoms with Crippen LogP contribution in [0, 0.1) is 0 Å². The van der Waals surface area contributed by atoms with Crippen LogP contribution in [-0.4, -0.2) is 69.8 Å². The van der Waals surface area contributed by atoms with Crippen LogP contribution >= 0.6 is 0 Å². The minimum atomic E-state index is -0.131. The number of hydrogen-bond acceptors (Lipinski definition) is 5. The number of rotatable bonds is 7. The number of hydrogen-bond donors (Lipinski definition) is 2. The topological polar surface area (TPSA) is 79.9 Å². The largest absolute Gasteiger partial charge is 0.383 e. The monoisotopic (exact) mass is 321 g/mol. The van der Waals surface area contributed by atoms with E-state index in [4.69, 9.17) is 9.47 Å². The van der Waals surface area contributed by atoms with Gasteiger partial charge in [-0.25, -0.2) is 0 Å². The molecule has 0 unspecified atom stereocenters. The average Bonchev–Trinajstić information content (AvgIpc) is 2.59. The number of morpholine rings is 1. The zero-order chi connectivity index (χ0) is 16.5. The van der Waals surface area contributed by atoms with E-state index in [1.54, 1.807) is 36.3 Å². The molecule has 1 fully saturated rings. The Kier molecular flexibility index (Phi) is 6.99. The van der Waals surface area contributed by atoms with E-state index < -0.39 is 0 Å². The van der Waals surface area contributed by atoms with Crippen molar-refractivity contribution in [3.8, 4) is 0 Å². The van der Waals surface area contributed by atoms with Gasteiger partial charge in [-0.15, -0.1) is 0 Å². The maximum atomic E-state index is 12.3. The Bertz CT molecular complexity index is 513. The molecular formula is C16H23N3O4. The molecule has 7 heteroatoms. The minimum Gasteiger partial charge on any atom is -0.383 e. The summed E-state index contributed by atoms with van der Waals surface area (Å²) in [6, 6.07) is 6.93. The van der Waals surface area contributed by atoms with Crippen LogP contribution in [0.15, 0.2) is 24.3 Å². The summed E-state index contributed by atoms with van der Waals surface area (Å²) >= 11 is 0. The molecule has 2 N–H and O–H groups in total. The van der Waals surface area contributed by atoms with E-state index in [0.29, 0.717) is 50.7 Å². The third-order valence-electron chi connectivity index (χ3n) is 3.48. The summed E-state index contributed by atoms with van der Waals surface area (Å²) in [6.45, 7) is 3.79. The summed E-state index contributed by atoms with van der Waals surface area (Å²) in [5.41, 5.74) is 1.28. The second-order valence-electron chi connectivity index (χ2n) is 5.20. The van der Waals surface area contributed by atoms with Gasteiger partial charge in [0.25, 0.3) is 5.91 Å². The molecule has 7 nitrogen and oxygen atoms in total. The molecule has 0 aliphatic carbocycles. The normalized spacial score (nSPS) is 14.6. The molecule has 0 aromatic heterocycles. The van der Waals surface area contributed by atoms with Gasteiger partial charge in [-0.3, -0.25) is 9.59 Å². The molecule has 0 saturated carbocycles. The van der Waals surface area contributed by atoms with Gasteiger partial charge in [0, 0.05) is 38.0 Å². The number of ether oxygens (including phenoxy) is 2. The molecule has 0 bridgehead atoms. The lowest BCUT2D eigenvalue weighted by Crippen LogP contribution is -2.40. The maximum absolute atomic E-state index is 12.3. The number of anilines is 1. The van der Waals surface area contributed by atoms with Crippen molar-refractivity contribution in [1.82, 2.24) is 10.2 Å². The molecule has 1 aromatic carbocycles. The summed E-state index contributed by atoms with van der Waals surface area (Å²) in [5.74, 6) is -0.138. The fourth-order valence-corrected chi connectivity index (χ4v) is 2.23. The molecule has 0 radical (unpaired) electrons. The van der Waals surface area contributed by atoms with Crippen molar-refractivity contribution >= 4 is 17.5 Å². The lowest BCUT2D eigenvalue weighted by Gasteiger charge is -2.26. The summed E-state index contributed by atoms with van der Waals surface area (Å²) in [6.07, 6.45) is 0. The van der Waals surface area contributed by atoms with Crippen molar-refractivity contribution in [2.24, 2.45) is 0 Å². The Morgan fingerprint density at radius 2 is 1.91 bits per heavy atom. The van der Waals surface area contributed by atoms with Crippen LogP contribution in [0.25, 0.3) is 0 Å². The number of benzene rings is 1. The number of carbonyl (C=O) groups excluding carboxylic acids is 2. The molecule has 0 atom stereocenters. The number of nitrogens with one attached hydrogen (secondary N) is 2. The molecule has 0 spiro atoms. The van der Waals surface area contributed by atoms with E-state index in [9.17, 15) is 9.59 Å². The van der Waals surface area contributed by atoms with E-state index in [2.05, 4.69) is 10.6 Å². The summed E-state index contributed by atoms with van der Waals surface area (Å²) in [4.78, 5) is 25.8. The number of amides is 2. The van der Waals surface area contributed by atoms with Crippen molar-refractivity contribution in [2.75, 3.05) is 58.4 Å². The second kappa shape index (κ2) is 9.24. The fraction of sp³-hybridized carbons (Fsp3) is 0.500. The first kappa shape index (κ1) is 17.4. The Labute approximate surface area is 135 Å². The molecule has 23 heavy (non-hydrogen) atoms. The lowest BCUT2D eigenvalue weighted by molar-refractivity contribution is -0.115. The smallest absolute Gasteiger partial charge is 0.254 e. The van der Waals surface area contributed by atoms with Gasteiger partial charge >= 0.3 is 0 Å². The molecule has 1 saturated heterocycles. The maximum Gasteiger partial charge on any atom is 0.254 e. The summed E-state index contributed by atoms with van der Waals surface area (Å²) < 4.78 is 10.1. The van der Waals surface area contributed by atoms with Crippen LogP contribution in [0.4, 0.5) is 5.69 Å². The van der Waals surface area contributed by atoms with Gasteiger partial charge in [-0.2, -0.15) is 0 Å². The first-order valence-corrected chi connectivity index (χ1v) is 7.67. The minimum absolute atomic E-state index is 0.00703. The summed E-state index contributed by atoms with van der Waals surface area (Å²) in [5, 5.41) is 5.75. The third kappa shape index (κ3) is 5.63. The van der Waals surface area contributed by atoms with E-state index in [1.807, 2.05) is 0 Å². The fourth-order valence-electron chi connectivity index (χ4n) is 2.23. The predicted molar refractivity (Wildman–Crippen MR) is 86.5 cm³/mol. The van der Waals surface area contributed by atoms with E-state index in [0.717, 1.165) is 0 Å². The summed E-state index contributed by atoms with van der Waals surface area (Å²) in [7, 11) is 1.61. The van der Waals surface area contributed by atoms with Gasteiger partial charge in [0.1, 0.15) is 0 Å². The predicted octanol–water partition coefficient (Wildman–Crippen LogP) is 0.334. The van der Waals surface area contributed by atoms with Crippen LogP contribution in [0.1, 0.15) is 10.4 Å². The Balaban J connectivity index is 1.81. The van der Waals surface area contributed by atoms with Crippen molar-refractivity contribution in [1.29, 1.82) is 0 Å². The number of methoxy groups -OCH3 is 1. The van der Waals surface area contributed by atoms with E-state index in [-0.39, 0.29) is 18.4 Å². The Morgan fingerprint density at radius 1 is 1.22 bits per heavy atom.